The van der Waals surface area contributed by atoms with Gasteiger partial charge in [0.05, 0.1) is 13.2 Å². The Morgan fingerprint density at radius 1 is 1.09 bits per heavy atom. The Bertz CT molecular complexity index is 1310. The predicted octanol–water partition coefficient (Wildman–Crippen LogP) is 3.41. The number of hydrogen-bond acceptors (Lipinski definition) is 8. The summed E-state index contributed by atoms with van der Waals surface area (Å²) in [5, 5.41) is 6.13. The van der Waals surface area contributed by atoms with Crippen molar-refractivity contribution < 1.29 is 28.7 Å². The highest BCUT2D eigenvalue weighted by Gasteiger charge is 2.61. The molecule has 1 aliphatic heterocycles. The molecule has 3 N–H and O–H groups in total. The molecule has 0 aromatic heterocycles. The van der Waals surface area contributed by atoms with Gasteiger partial charge in [-0.1, -0.05) is 57.2 Å². The lowest BCUT2D eigenvalue weighted by Gasteiger charge is -2.35. The number of ketones is 1. The van der Waals surface area contributed by atoms with Gasteiger partial charge >= 0.3 is 6.09 Å². The molecule has 0 spiro atoms. The van der Waals surface area contributed by atoms with Crippen LogP contribution in [0.2, 0.25) is 0 Å². The van der Waals surface area contributed by atoms with E-state index in [0.717, 1.165) is 38.5 Å². The first-order valence-corrected chi connectivity index (χ1v) is 16.8. The molecule has 4 aliphatic rings. The first-order valence-electron chi connectivity index (χ1n) is 15.9. The number of carbonyl (C=O) groups excluding carboxylic acids is 5. The summed E-state index contributed by atoms with van der Waals surface area (Å²) in [5.74, 6) is -1.61. The second-order valence-electron chi connectivity index (χ2n) is 13.8. The molecule has 0 bridgehead atoms. The van der Waals surface area contributed by atoms with Crippen LogP contribution < -0.4 is 15.4 Å². The molecule has 3 aliphatic carbocycles. The van der Waals surface area contributed by atoms with Crippen molar-refractivity contribution in [2.45, 2.75) is 94.7 Å². The van der Waals surface area contributed by atoms with Crippen LogP contribution in [0.5, 0.6) is 0 Å². The maximum absolute atomic E-state index is 14.3. The summed E-state index contributed by atoms with van der Waals surface area (Å²) in [6.45, 7) is 9.44. The van der Waals surface area contributed by atoms with Gasteiger partial charge in [-0.2, -0.15) is 0 Å². The summed E-state index contributed by atoms with van der Waals surface area (Å²) in [7, 11) is 0. The quantitative estimate of drug-likeness (QED) is 0.180. The average Bonchev–Trinajstić information content (AvgIpc) is 3.86. The highest BCUT2D eigenvalue weighted by molar-refractivity contribution is 7.98. The number of amides is 4. The Labute approximate surface area is 269 Å². The lowest BCUT2D eigenvalue weighted by atomic mass is 9.85. The van der Waals surface area contributed by atoms with Gasteiger partial charge in [-0.15, -0.1) is 6.58 Å². The Hall–Kier alpha value is -3.38. The highest BCUT2D eigenvalue weighted by Crippen LogP contribution is 2.46. The van der Waals surface area contributed by atoms with E-state index in [1.165, 1.54) is 16.8 Å². The minimum Gasteiger partial charge on any atom is -0.446 e. The Balaban J connectivity index is 1.35. The number of nitrogens with one attached hydrogen (secondary N) is 3. The Kier molecular flexibility index (Phi) is 9.93. The van der Waals surface area contributed by atoms with Gasteiger partial charge in [0, 0.05) is 23.3 Å². The van der Waals surface area contributed by atoms with E-state index in [9.17, 15) is 24.0 Å². The summed E-state index contributed by atoms with van der Waals surface area (Å²) < 4.78 is 8.51. The summed E-state index contributed by atoms with van der Waals surface area (Å²) in [6, 6.07) is 6.85. The summed E-state index contributed by atoms with van der Waals surface area (Å²) in [4.78, 5) is 70.7. The topological polar surface area (TPSA) is 137 Å². The molecule has 12 heteroatoms. The number of Topliss-reactive ketones (excluding diaryl/α,β-unsaturated/α-hetero) is 1. The highest BCUT2D eigenvalue weighted by atomic mass is 32.2. The van der Waals surface area contributed by atoms with Crippen molar-refractivity contribution in [2.75, 3.05) is 19.8 Å². The Morgan fingerprint density at radius 2 is 1.78 bits per heavy atom. The fourth-order valence-electron chi connectivity index (χ4n) is 6.07. The molecule has 4 amide bonds. The van der Waals surface area contributed by atoms with Gasteiger partial charge < -0.3 is 20.3 Å². The van der Waals surface area contributed by atoms with Gasteiger partial charge in [0.1, 0.15) is 23.7 Å². The molecule has 1 saturated heterocycles. The van der Waals surface area contributed by atoms with Crippen molar-refractivity contribution in [1.82, 2.24) is 25.2 Å². The number of carbonyl (C=O) groups is 5. The number of rotatable bonds is 12. The average molecular weight is 640 g/mol. The van der Waals surface area contributed by atoms with Crippen molar-refractivity contribution in [2.24, 2.45) is 11.3 Å². The minimum absolute atomic E-state index is 0.00302. The van der Waals surface area contributed by atoms with E-state index >= 15 is 0 Å². The van der Waals surface area contributed by atoms with Crippen molar-refractivity contribution in [3.8, 4) is 0 Å². The lowest BCUT2D eigenvalue weighted by molar-refractivity contribution is -0.142. The second-order valence-corrected chi connectivity index (χ2v) is 14.9. The van der Waals surface area contributed by atoms with Crippen LogP contribution in [0.1, 0.15) is 76.1 Å². The molecule has 1 aromatic carbocycles. The zero-order chi connectivity index (χ0) is 32.4. The third-order valence-corrected chi connectivity index (χ3v) is 10.2. The van der Waals surface area contributed by atoms with Crippen molar-refractivity contribution in [1.29, 1.82) is 0 Å². The monoisotopic (exact) mass is 639 g/mol. The van der Waals surface area contributed by atoms with Gasteiger partial charge in [-0.25, -0.2) is 4.79 Å². The maximum atomic E-state index is 14.3. The fourth-order valence-corrected chi connectivity index (χ4v) is 6.90. The molecule has 0 radical (unpaired) electrons. The van der Waals surface area contributed by atoms with E-state index in [4.69, 9.17) is 4.74 Å². The fraction of sp³-hybridized carbons (Fsp3) is 0.606. The molecular weight excluding hydrogens is 594 g/mol. The summed E-state index contributed by atoms with van der Waals surface area (Å²) >= 11 is 1.38. The number of benzene rings is 1. The molecule has 4 atom stereocenters. The molecule has 3 saturated carbocycles. The van der Waals surface area contributed by atoms with Crippen molar-refractivity contribution in [3.63, 3.8) is 0 Å². The zero-order valence-corrected chi connectivity index (χ0v) is 27.2. The van der Waals surface area contributed by atoms with Crippen LogP contribution in [-0.4, -0.2) is 88.1 Å². The first-order chi connectivity index (χ1) is 21.4. The van der Waals surface area contributed by atoms with E-state index < -0.39 is 40.9 Å². The third kappa shape index (κ3) is 7.89. The minimum atomic E-state index is -1.14. The SMILES string of the molecule is C=C[C@@H]1C[C@]1(NC(=O)[C@@H]1CN(CC(=O)c2ccccc2)CN1C(=O)[C@@H](NC(=O)OC1CCCC1)C(C)(C)C)C(=O)NSC1CC1. The molecule has 5 rings (SSSR count). The van der Waals surface area contributed by atoms with Crippen LogP contribution in [0.4, 0.5) is 4.79 Å². The van der Waals surface area contributed by atoms with Crippen LogP contribution in [0, 0.1) is 11.3 Å². The van der Waals surface area contributed by atoms with E-state index in [1.54, 1.807) is 35.2 Å². The number of hydrogen-bond donors (Lipinski definition) is 3. The molecule has 1 heterocycles. The molecular formula is C33H45N5O6S. The standard InChI is InChI=1S/C33H45N5O6S/c1-5-22-17-33(22,30(42)36-45-24-15-16-24)35-28(40)25-18-37(19-26(39)21-11-7-6-8-12-21)20-38(25)29(41)27(32(2,3)4)34-31(43)44-23-13-9-10-14-23/h5-8,11-12,22-25,27H,1,9-10,13-20H2,2-4H3,(H,34,43)(H,35,40)(H,36,42)/t22-,25+,27-,33-/m1/s1. The van der Waals surface area contributed by atoms with Crippen LogP contribution >= 0.6 is 11.9 Å². The van der Waals surface area contributed by atoms with Crippen LogP contribution in [0.15, 0.2) is 43.0 Å². The molecule has 0 unspecified atom stereocenters. The van der Waals surface area contributed by atoms with E-state index in [-0.39, 0.29) is 43.5 Å². The van der Waals surface area contributed by atoms with Gasteiger partial charge in [-0.3, -0.25) is 28.8 Å². The van der Waals surface area contributed by atoms with E-state index in [0.29, 0.717) is 17.2 Å². The number of nitrogens with zero attached hydrogens (tertiary/aromatic N) is 2. The van der Waals surface area contributed by atoms with Crippen LogP contribution in [0.25, 0.3) is 0 Å². The smallest absolute Gasteiger partial charge is 0.408 e. The van der Waals surface area contributed by atoms with Gasteiger partial charge in [0.25, 0.3) is 5.91 Å². The largest absolute Gasteiger partial charge is 0.446 e. The molecule has 11 nitrogen and oxygen atoms in total. The second kappa shape index (κ2) is 13.5. The van der Waals surface area contributed by atoms with Crippen LogP contribution in [0.3, 0.4) is 0 Å². The van der Waals surface area contributed by atoms with Gasteiger partial charge in [0.2, 0.25) is 11.8 Å². The van der Waals surface area contributed by atoms with Gasteiger partial charge in [0.15, 0.2) is 5.78 Å². The lowest BCUT2D eigenvalue weighted by Crippen LogP contribution is -2.60. The number of ether oxygens (including phenoxy) is 1. The van der Waals surface area contributed by atoms with Crippen molar-refractivity contribution >= 4 is 41.5 Å². The van der Waals surface area contributed by atoms with Crippen LogP contribution in [-0.2, 0) is 19.1 Å². The third-order valence-electron chi connectivity index (χ3n) is 9.05. The van der Waals surface area contributed by atoms with E-state index in [1.807, 2.05) is 26.8 Å². The van der Waals surface area contributed by atoms with Crippen molar-refractivity contribution in [3.05, 3.63) is 48.6 Å². The number of alkyl carbamates (subject to hydrolysis) is 1. The molecule has 244 valence electrons. The van der Waals surface area contributed by atoms with E-state index in [2.05, 4.69) is 21.9 Å². The summed E-state index contributed by atoms with van der Waals surface area (Å²) in [5.41, 5.74) is -1.33. The molecule has 1 aromatic rings. The first kappa shape index (κ1) is 33.0. The molecule has 4 fully saturated rings. The zero-order valence-electron chi connectivity index (χ0n) is 26.4. The Morgan fingerprint density at radius 3 is 2.38 bits per heavy atom. The predicted molar refractivity (Wildman–Crippen MR) is 171 cm³/mol. The maximum Gasteiger partial charge on any atom is 0.408 e. The molecule has 45 heavy (non-hydrogen) atoms. The van der Waals surface area contributed by atoms with Gasteiger partial charge in [-0.05, 0) is 62.3 Å². The summed E-state index contributed by atoms with van der Waals surface area (Å²) in [6.07, 6.45) is 6.90. The normalized spacial score (nSPS) is 25.7.